The van der Waals surface area contributed by atoms with Gasteiger partial charge in [0.15, 0.2) is 23.4 Å². The Kier molecular flexibility index (Phi) is 3.90. The molecule has 0 bridgehead atoms. The van der Waals surface area contributed by atoms with Gasteiger partial charge in [-0.15, -0.1) is 10.2 Å². The number of rotatable bonds is 4. The van der Waals surface area contributed by atoms with Crippen LogP contribution in [0.5, 0.6) is 17.2 Å². The molecule has 8 heteroatoms. The van der Waals surface area contributed by atoms with Crippen molar-refractivity contribution in [3.63, 3.8) is 0 Å². The van der Waals surface area contributed by atoms with Crippen LogP contribution in [0.1, 0.15) is 22.5 Å². The molecule has 2 aromatic carbocycles. The zero-order chi connectivity index (χ0) is 18.2. The first-order valence-electron chi connectivity index (χ1n) is 8.52. The Hall–Kier alpha value is -3.13. The van der Waals surface area contributed by atoms with Crippen LogP contribution in [0.4, 0.5) is 0 Å². The molecule has 0 aliphatic carbocycles. The molecule has 5 rings (SSSR count). The van der Waals surface area contributed by atoms with E-state index in [0.29, 0.717) is 18.2 Å². The molecule has 0 saturated heterocycles. The van der Waals surface area contributed by atoms with E-state index >= 15 is 0 Å². The summed E-state index contributed by atoms with van der Waals surface area (Å²) in [5.74, 6) is 2.94. The molecule has 0 spiro atoms. The Labute approximate surface area is 159 Å². The van der Waals surface area contributed by atoms with Crippen LogP contribution in [0, 0.1) is 0 Å². The van der Waals surface area contributed by atoms with Crippen LogP contribution in [0.25, 0.3) is 4.96 Å². The fraction of sp³-hybridized carbons (Fsp3) is 0.211. The number of methoxy groups -OCH3 is 1. The maximum Gasteiger partial charge on any atom is 0.234 e. The molecule has 1 aliphatic heterocycles. The second-order valence-electron chi connectivity index (χ2n) is 6.14. The third-order valence-electron chi connectivity index (χ3n) is 4.37. The van der Waals surface area contributed by atoms with Crippen molar-refractivity contribution >= 4 is 16.3 Å². The lowest BCUT2D eigenvalue weighted by Gasteiger charge is -2.24. The number of ether oxygens (including phenoxy) is 3. The lowest BCUT2D eigenvalue weighted by Crippen LogP contribution is -2.23. The summed E-state index contributed by atoms with van der Waals surface area (Å²) in [6.07, 6.45) is 0.383. The third kappa shape index (κ3) is 2.97. The fourth-order valence-corrected chi connectivity index (χ4v) is 3.88. The standard InChI is InChI=1S/C19H16N4O3S/c1-24-13-8-6-12(7-9-13)10-17-22-23-18(20-21-19(23)27-17)16-11-25-14-4-2-3-5-15(14)26-16/h2-9,16H,10-11H2,1H3. The Balaban J connectivity index is 1.40. The molecule has 1 unspecified atom stereocenters. The smallest absolute Gasteiger partial charge is 0.234 e. The number of aromatic nitrogens is 4. The van der Waals surface area contributed by atoms with Gasteiger partial charge in [0.25, 0.3) is 0 Å². The van der Waals surface area contributed by atoms with E-state index in [0.717, 1.165) is 33.5 Å². The molecule has 2 aromatic heterocycles. The monoisotopic (exact) mass is 380 g/mol. The van der Waals surface area contributed by atoms with E-state index in [4.69, 9.17) is 14.2 Å². The average Bonchev–Trinajstić information content (AvgIpc) is 3.28. The maximum absolute atomic E-state index is 6.04. The molecule has 4 aromatic rings. The normalized spacial score (nSPS) is 15.8. The van der Waals surface area contributed by atoms with E-state index in [2.05, 4.69) is 15.3 Å². The lowest BCUT2D eigenvalue weighted by atomic mass is 10.1. The van der Waals surface area contributed by atoms with Gasteiger partial charge in [-0.1, -0.05) is 35.6 Å². The molecule has 27 heavy (non-hydrogen) atoms. The summed E-state index contributed by atoms with van der Waals surface area (Å²) in [4.78, 5) is 0.746. The summed E-state index contributed by atoms with van der Waals surface area (Å²) >= 11 is 1.52. The molecule has 3 heterocycles. The average molecular weight is 380 g/mol. The second kappa shape index (κ2) is 6.55. The summed E-state index contributed by atoms with van der Waals surface area (Å²) in [7, 11) is 1.66. The Morgan fingerprint density at radius 2 is 1.93 bits per heavy atom. The van der Waals surface area contributed by atoms with Gasteiger partial charge in [0, 0.05) is 6.42 Å². The van der Waals surface area contributed by atoms with Crippen LogP contribution in [0.2, 0.25) is 0 Å². The molecule has 0 amide bonds. The number of hydrogen-bond acceptors (Lipinski definition) is 7. The maximum atomic E-state index is 6.04. The zero-order valence-electron chi connectivity index (χ0n) is 14.5. The quantitative estimate of drug-likeness (QED) is 0.541. The van der Waals surface area contributed by atoms with Crippen LogP contribution >= 0.6 is 11.3 Å². The molecule has 0 N–H and O–H groups in total. The highest BCUT2D eigenvalue weighted by molar-refractivity contribution is 7.16. The van der Waals surface area contributed by atoms with Gasteiger partial charge in [-0.2, -0.15) is 9.61 Å². The topological polar surface area (TPSA) is 70.8 Å². The number of nitrogens with zero attached hydrogens (tertiary/aromatic N) is 4. The second-order valence-corrected chi connectivity index (χ2v) is 7.18. The number of fused-ring (bicyclic) bond motifs is 2. The van der Waals surface area contributed by atoms with E-state index in [1.165, 1.54) is 11.3 Å². The SMILES string of the molecule is COc1ccc(Cc2nn3c(C4COc5ccccc5O4)nnc3s2)cc1. The van der Waals surface area contributed by atoms with Gasteiger partial charge >= 0.3 is 0 Å². The summed E-state index contributed by atoms with van der Waals surface area (Å²) in [5.41, 5.74) is 1.16. The highest BCUT2D eigenvalue weighted by atomic mass is 32.1. The van der Waals surface area contributed by atoms with Gasteiger partial charge in [-0.25, -0.2) is 0 Å². The van der Waals surface area contributed by atoms with Crippen LogP contribution in [0.3, 0.4) is 0 Å². The van der Waals surface area contributed by atoms with Crippen LogP contribution in [0.15, 0.2) is 48.5 Å². The van der Waals surface area contributed by atoms with E-state index in [-0.39, 0.29) is 6.10 Å². The number of hydrogen-bond donors (Lipinski definition) is 0. The first kappa shape index (κ1) is 16.1. The van der Waals surface area contributed by atoms with Gasteiger partial charge in [-0.05, 0) is 29.8 Å². The lowest BCUT2D eigenvalue weighted by molar-refractivity contribution is 0.0836. The van der Waals surface area contributed by atoms with Crippen molar-refractivity contribution in [2.75, 3.05) is 13.7 Å². The van der Waals surface area contributed by atoms with Gasteiger partial charge in [0.1, 0.15) is 17.4 Å². The Morgan fingerprint density at radius 1 is 1.11 bits per heavy atom. The Morgan fingerprint density at radius 3 is 2.74 bits per heavy atom. The zero-order valence-corrected chi connectivity index (χ0v) is 15.3. The van der Waals surface area contributed by atoms with Crippen molar-refractivity contribution < 1.29 is 14.2 Å². The van der Waals surface area contributed by atoms with Gasteiger partial charge in [0.05, 0.1) is 7.11 Å². The third-order valence-corrected chi connectivity index (χ3v) is 5.27. The highest BCUT2D eigenvalue weighted by Crippen LogP contribution is 2.35. The molecule has 0 saturated carbocycles. The molecule has 136 valence electrons. The van der Waals surface area contributed by atoms with E-state index < -0.39 is 0 Å². The van der Waals surface area contributed by atoms with Crippen molar-refractivity contribution in [3.05, 3.63) is 64.9 Å². The van der Waals surface area contributed by atoms with Gasteiger partial charge < -0.3 is 14.2 Å². The van der Waals surface area contributed by atoms with Crippen LogP contribution in [-0.4, -0.2) is 33.5 Å². The minimum absolute atomic E-state index is 0.342. The molecule has 1 aliphatic rings. The largest absolute Gasteiger partial charge is 0.497 e. The van der Waals surface area contributed by atoms with E-state index in [1.54, 1.807) is 11.6 Å². The molecule has 7 nitrogen and oxygen atoms in total. The van der Waals surface area contributed by atoms with E-state index in [9.17, 15) is 0 Å². The summed E-state index contributed by atoms with van der Waals surface area (Å²) in [6.45, 7) is 0.378. The van der Waals surface area contributed by atoms with Crippen LogP contribution in [-0.2, 0) is 6.42 Å². The summed E-state index contributed by atoms with van der Waals surface area (Å²) in [6, 6.07) is 15.6. The van der Waals surface area contributed by atoms with Gasteiger partial charge in [0.2, 0.25) is 4.96 Å². The predicted molar refractivity (Wildman–Crippen MR) is 99.8 cm³/mol. The minimum Gasteiger partial charge on any atom is -0.497 e. The van der Waals surface area contributed by atoms with Crippen molar-refractivity contribution in [2.24, 2.45) is 0 Å². The number of benzene rings is 2. The predicted octanol–water partition coefficient (Wildman–Crippen LogP) is 3.30. The fourth-order valence-electron chi connectivity index (χ4n) is 3.01. The highest BCUT2D eigenvalue weighted by Gasteiger charge is 2.28. The summed E-state index contributed by atoms with van der Waals surface area (Å²) in [5, 5.41) is 14.2. The summed E-state index contributed by atoms with van der Waals surface area (Å²) < 4.78 is 18.8. The molecular weight excluding hydrogens is 364 g/mol. The Bertz CT molecular complexity index is 1090. The van der Waals surface area contributed by atoms with E-state index in [1.807, 2.05) is 48.5 Å². The van der Waals surface area contributed by atoms with Gasteiger partial charge in [-0.3, -0.25) is 0 Å². The first-order valence-corrected chi connectivity index (χ1v) is 9.34. The first-order chi connectivity index (χ1) is 13.3. The van der Waals surface area contributed by atoms with Crippen molar-refractivity contribution in [3.8, 4) is 17.2 Å². The number of para-hydroxylation sites is 2. The molecule has 0 radical (unpaired) electrons. The molecule has 0 fully saturated rings. The minimum atomic E-state index is -0.342. The van der Waals surface area contributed by atoms with Crippen molar-refractivity contribution in [2.45, 2.75) is 12.5 Å². The molecule has 1 atom stereocenters. The van der Waals surface area contributed by atoms with Crippen molar-refractivity contribution in [1.82, 2.24) is 19.8 Å². The van der Waals surface area contributed by atoms with Crippen molar-refractivity contribution in [1.29, 1.82) is 0 Å². The molecular formula is C19H16N4O3S. The van der Waals surface area contributed by atoms with Crippen LogP contribution < -0.4 is 14.2 Å².